The number of hydrogen-bond donors (Lipinski definition) is 1. The lowest BCUT2D eigenvalue weighted by Crippen LogP contribution is -2.33. The number of hydrogen-bond acceptors (Lipinski definition) is 5. The van der Waals surface area contributed by atoms with Crippen LogP contribution >= 0.6 is 0 Å². The minimum atomic E-state index is 0.0695. The molecule has 6 nitrogen and oxygen atoms in total. The Balaban J connectivity index is 1.36. The zero-order chi connectivity index (χ0) is 17.8. The first kappa shape index (κ1) is 17.4. The van der Waals surface area contributed by atoms with Crippen molar-refractivity contribution >= 4 is 0 Å². The van der Waals surface area contributed by atoms with Crippen molar-refractivity contribution in [2.75, 3.05) is 26.4 Å². The molecule has 1 N–H and O–H groups in total. The third kappa shape index (κ3) is 3.86. The lowest BCUT2D eigenvalue weighted by atomic mass is 9.93. The fourth-order valence-electron chi connectivity index (χ4n) is 3.71. The summed E-state index contributed by atoms with van der Waals surface area (Å²) in [7, 11) is 2.03. The zero-order valence-corrected chi connectivity index (χ0v) is 15.3. The van der Waals surface area contributed by atoms with Gasteiger partial charge in [-0.05, 0) is 30.5 Å². The second-order valence-corrected chi connectivity index (χ2v) is 7.05. The summed E-state index contributed by atoms with van der Waals surface area (Å²) in [6.45, 7) is 3.97. The lowest BCUT2D eigenvalue weighted by Gasteiger charge is -2.31. The highest BCUT2D eigenvalue weighted by Gasteiger charge is 2.29. The number of fused-ring (bicyclic) bond motifs is 1. The van der Waals surface area contributed by atoms with E-state index in [1.165, 1.54) is 5.56 Å². The molecule has 0 radical (unpaired) electrons. The van der Waals surface area contributed by atoms with E-state index < -0.39 is 0 Å². The van der Waals surface area contributed by atoms with E-state index in [4.69, 9.17) is 14.2 Å². The van der Waals surface area contributed by atoms with Gasteiger partial charge < -0.3 is 24.1 Å². The number of rotatable bonds is 5. The van der Waals surface area contributed by atoms with Crippen LogP contribution in [0.1, 0.15) is 36.8 Å². The fourth-order valence-corrected chi connectivity index (χ4v) is 3.71. The Hall–Kier alpha value is -2.05. The molecule has 0 aliphatic carbocycles. The van der Waals surface area contributed by atoms with Gasteiger partial charge in [0.2, 0.25) is 0 Å². The van der Waals surface area contributed by atoms with Gasteiger partial charge in [0.25, 0.3) is 0 Å². The van der Waals surface area contributed by atoms with Gasteiger partial charge in [-0.15, -0.1) is 0 Å². The summed E-state index contributed by atoms with van der Waals surface area (Å²) >= 11 is 0. The number of nitrogens with zero attached hydrogens (tertiary/aromatic N) is 2. The van der Waals surface area contributed by atoms with Crippen LogP contribution in [0.25, 0.3) is 0 Å². The van der Waals surface area contributed by atoms with E-state index in [9.17, 15) is 0 Å². The molecule has 6 heteroatoms. The van der Waals surface area contributed by atoms with Crippen molar-refractivity contribution in [1.29, 1.82) is 0 Å². The molecule has 2 aliphatic rings. The van der Waals surface area contributed by atoms with Gasteiger partial charge in [0.05, 0.1) is 13.2 Å². The first-order valence-electron chi connectivity index (χ1n) is 9.49. The lowest BCUT2D eigenvalue weighted by molar-refractivity contribution is -0.0344. The summed E-state index contributed by atoms with van der Waals surface area (Å²) in [5, 5.41) is 3.59. The highest BCUT2D eigenvalue weighted by molar-refractivity contribution is 5.43. The highest BCUT2D eigenvalue weighted by Crippen LogP contribution is 2.33. The summed E-state index contributed by atoms with van der Waals surface area (Å²) in [5.74, 6) is 3.16. The number of benzene rings is 1. The predicted octanol–water partition coefficient (Wildman–Crippen LogP) is 2.84. The van der Waals surface area contributed by atoms with E-state index in [1.807, 2.05) is 25.5 Å². The highest BCUT2D eigenvalue weighted by atomic mass is 16.5. The van der Waals surface area contributed by atoms with E-state index in [0.717, 1.165) is 62.9 Å². The van der Waals surface area contributed by atoms with E-state index in [0.29, 0.717) is 12.5 Å². The van der Waals surface area contributed by atoms with Gasteiger partial charge in [-0.3, -0.25) is 0 Å². The number of aromatic nitrogens is 2. The predicted molar refractivity (Wildman–Crippen MR) is 98.4 cm³/mol. The van der Waals surface area contributed by atoms with Crippen molar-refractivity contribution < 1.29 is 14.2 Å². The molecule has 0 bridgehead atoms. The van der Waals surface area contributed by atoms with Gasteiger partial charge in [0, 0.05) is 51.5 Å². The smallest absolute Gasteiger partial charge is 0.161 e. The van der Waals surface area contributed by atoms with Crippen LogP contribution in [-0.4, -0.2) is 35.9 Å². The number of imidazole rings is 1. The van der Waals surface area contributed by atoms with Crippen LogP contribution in [0.15, 0.2) is 30.6 Å². The molecule has 140 valence electrons. The molecule has 4 rings (SSSR count). The van der Waals surface area contributed by atoms with Crippen molar-refractivity contribution in [3.63, 3.8) is 0 Å². The molecule has 2 aliphatic heterocycles. The second kappa shape index (κ2) is 8.10. The van der Waals surface area contributed by atoms with Crippen molar-refractivity contribution in [2.24, 2.45) is 13.0 Å². The van der Waals surface area contributed by atoms with Gasteiger partial charge >= 0.3 is 0 Å². The Morgan fingerprint density at radius 1 is 1.15 bits per heavy atom. The molecule has 26 heavy (non-hydrogen) atoms. The summed E-state index contributed by atoms with van der Waals surface area (Å²) in [6, 6.07) is 6.20. The molecule has 0 amide bonds. The Bertz CT molecular complexity index is 731. The summed E-state index contributed by atoms with van der Waals surface area (Å²) in [4.78, 5) is 4.49. The van der Waals surface area contributed by atoms with Gasteiger partial charge in [-0.2, -0.15) is 0 Å². The summed E-state index contributed by atoms with van der Waals surface area (Å²) in [5.41, 5.74) is 1.21. The van der Waals surface area contributed by atoms with Crippen LogP contribution in [0.5, 0.6) is 11.5 Å². The molecular weight excluding hydrogens is 330 g/mol. The topological polar surface area (TPSA) is 57.5 Å². The summed E-state index contributed by atoms with van der Waals surface area (Å²) < 4.78 is 19.6. The van der Waals surface area contributed by atoms with Crippen LogP contribution in [0.4, 0.5) is 0 Å². The Morgan fingerprint density at radius 3 is 2.88 bits per heavy atom. The maximum absolute atomic E-state index is 6.05. The van der Waals surface area contributed by atoms with E-state index >= 15 is 0 Å². The minimum absolute atomic E-state index is 0.0695. The average molecular weight is 357 g/mol. The van der Waals surface area contributed by atoms with Gasteiger partial charge in [0.1, 0.15) is 11.9 Å². The summed E-state index contributed by atoms with van der Waals surface area (Å²) in [6.07, 6.45) is 7.09. The monoisotopic (exact) mass is 357 g/mol. The van der Waals surface area contributed by atoms with Gasteiger partial charge in [-0.25, -0.2) is 4.98 Å². The third-order valence-corrected chi connectivity index (χ3v) is 5.11. The van der Waals surface area contributed by atoms with Crippen LogP contribution in [0.2, 0.25) is 0 Å². The van der Waals surface area contributed by atoms with Crippen LogP contribution < -0.4 is 14.8 Å². The van der Waals surface area contributed by atoms with Gasteiger partial charge in [-0.1, -0.05) is 6.07 Å². The molecule has 0 saturated carbocycles. The Morgan fingerprint density at radius 2 is 2.04 bits per heavy atom. The molecule has 1 aromatic heterocycles. The first-order valence-corrected chi connectivity index (χ1v) is 9.49. The Labute approximate surface area is 154 Å². The normalized spacial score (nSPS) is 22.8. The fraction of sp³-hybridized carbons (Fsp3) is 0.550. The standard InChI is InChI=1S/C20H27N3O3/c1-23-8-7-22-20(23)19-16(4-2-9-26-19)14-21-13-15-5-6-17-18(12-15)25-11-3-10-24-17/h5-8,12,16,19,21H,2-4,9-11,13-14H2,1H3/t16-,19+/m0/s1. The molecule has 3 heterocycles. The average Bonchev–Trinajstić information content (AvgIpc) is 2.95. The molecule has 1 fully saturated rings. The first-order chi connectivity index (χ1) is 12.8. The zero-order valence-electron chi connectivity index (χ0n) is 15.3. The molecule has 1 saturated heterocycles. The maximum Gasteiger partial charge on any atom is 0.161 e. The molecule has 0 spiro atoms. The van der Waals surface area contributed by atoms with E-state index in [-0.39, 0.29) is 6.10 Å². The number of nitrogens with one attached hydrogen (secondary N) is 1. The molecule has 2 aromatic rings. The Kier molecular flexibility index (Phi) is 5.41. The van der Waals surface area contributed by atoms with Crippen molar-refractivity contribution in [1.82, 2.24) is 14.9 Å². The molecule has 0 unspecified atom stereocenters. The van der Waals surface area contributed by atoms with Crippen LogP contribution in [0, 0.1) is 5.92 Å². The van der Waals surface area contributed by atoms with Crippen LogP contribution in [0.3, 0.4) is 0 Å². The second-order valence-electron chi connectivity index (χ2n) is 7.05. The SMILES string of the molecule is Cn1ccnc1[C@@H]1OCCC[C@H]1CNCc1ccc2c(c1)OCCCO2. The largest absolute Gasteiger partial charge is 0.490 e. The van der Waals surface area contributed by atoms with Crippen molar-refractivity contribution in [3.05, 3.63) is 42.0 Å². The maximum atomic E-state index is 6.05. The molecular formula is C20H27N3O3. The number of ether oxygens (including phenoxy) is 3. The molecule has 1 aromatic carbocycles. The van der Waals surface area contributed by atoms with E-state index in [2.05, 4.69) is 27.0 Å². The quantitative estimate of drug-likeness (QED) is 0.892. The number of aryl methyl sites for hydroxylation is 1. The van der Waals surface area contributed by atoms with Crippen LogP contribution in [-0.2, 0) is 18.3 Å². The van der Waals surface area contributed by atoms with Gasteiger partial charge in [0.15, 0.2) is 11.5 Å². The minimum Gasteiger partial charge on any atom is -0.490 e. The third-order valence-electron chi connectivity index (χ3n) is 5.11. The molecule has 2 atom stereocenters. The van der Waals surface area contributed by atoms with E-state index in [1.54, 1.807) is 0 Å². The van der Waals surface area contributed by atoms with Crippen molar-refractivity contribution in [3.8, 4) is 11.5 Å². The van der Waals surface area contributed by atoms with Crippen molar-refractivity contribution in [2.45, 2.75) is 31.9 Å².